The molecule has 2 aromatic carbocycles. The Morgan fingerprint density at radius 2 is 2.03 bits per heavy atom. The third-order valence-corrected chi connectivity index (χ3v) is 5.71. The predicted octanol–water partition coefficient (Wildman–Crippen LogP) is 3.69. The maximum Gasteiger partial charge on any atom is 0.416 e. The van der Waals surface area contributed by atoms with E-state index in [0.717, 1.165) is 18.2 Å². The molecule has 6 nitrogen and oxygen atoms in total. The van der Waals surface area contributed by atoms with Crippen molar-refractivity contribution < 1.29 is 27.2 Å². The summed E-state index contributed by atoms with van der Waals surface area (Å²) in [6, 6.07) is 3.79. The number of H-pyrrole nitrogens is 1. The molecule has 2 amide bonds. The van der Waals surface area contributed by atoms with Crippen LogP contribution in [0.15, 0.2) is 24.3 Å². The van der Waals surface area contributed by atoms with E-state index >= 15 is 4.39 Å². The number of carbonyl (C=O) groups is 2. The number of nitrogens with one attached hydrogen (secondary N) is 2. The third kappa shape index (κ3) is 4.18. The van der Waals surface area contributed by atoms with Crippen LogP contribution >= 0.6 is 0 Å². The van der Waals surface area contributed by atoms with Crippen molar-refractivity contribution in [3.63, 3.8) is 0 Å². The molecule has 1 fully saturated rings. The maximum atomic E-state index is 15.4. The Hall–Kier alpha value is -3.74. The van der Waals surface area contributed by atoms with Crippen LogP contribution in [0, 0.1) is 17.7 Å². The molecule has 1 unspecified atom stereocenters. The molecule has 0 aliphatic carbocycles. The molecule has 0 spiro atoms. The van der Waals surface area contributed by atoms with Crippen LogP contribution in [-0.2, 0) is 11.0 Å². The van der Waals surface area contributed by atoms with E-state index in [4.69, 9.17) is 5.73 Å². The Morgan fingerprint density at radius 1 is 1.27 bits per heavy atom. The number of primary amides is 1. The topological polar surface area (TPSA) is 91.2 Å². The molecule has 1 aliphatic rings. The van der Waals surface area contributed by atoms with Gasteiger partial charge in [-0.25, -0.2) is 4.39 Å². The van der Waals surface area contributed by atoms with Crippen molar-refractivity contribution in [1.29, 1.82) is 0 Å². The number of halogens is 4. The lowest BCUT2D eigenvalue weighted by Gasteiger charge is -2.35. The van der Waals surface area contributed by atoms with Crippen LogP contribution in [0.2, 0.25) is 0 Å². The Kier molecular flexibility index (Phi) is 5.66. The molecule has 10 heteroatoms. The SMILES string of the molecule is CC#CC(=O)NC1CCCN(c2c(F)cc(C(N)=O)c3[nH]c4cc(C(F)(F)F)ccc4c23)C1. The van der Waals surface area contributed by atoms with E-state index in [0.29, 0.717) is 24.8 Å². The summed E-state index contributed by atoms with van der Waals surface area (Å²) in [5, 5.41) is 3.39. The highest BCUT2D eigenvalue weighted by Gasteiger charge is 2.32. The van der Waals surface area contributed by atoms with Gasteiger partial charge in [0.2, 0.25) is 0 Å². The number of aromatic nitrogens is 1. The summed E-state index contributed by atoms with van der Waals surface area (Å²) in [5.74, 6) is 2.85. The van der Waals surface area contributed by atoms with Crippen molar-refractivity contribution in [1.82, 2.24) is 10.3 Å². The van der Waals surface area contributed by atoms with Crippen LogP contribution in [0.3, 0.4) is 0 Å². The largest absolute Gasteiger partial charge is 0.416 e. The molecule has 0 saturated carbocycles. The van der Waals surface area contributed by atoms with Gasteiger partial charge in [0.15, 0.2) is 0 Å². The zero-order valence-electron chi connectivity index (χ0n) is 17.6. The molecule has 2 heterocycles. The van der Waals surface area contributed by atoms with Gasteiger partial charge in [0.05, 0.1) is 22.3 Å². The van der Waals surface area contributed by atoms with Crippen LogP contribution in [0.1, 0.15) is 35.7 Å². The fourth-order valence-corrected chi connectivity index (χ4v) is 4.35. The van der Waals surface area contributed by atoms with Crippen LogP contribution < -0.4 is 16.0 Å². The van der Waals surface area contributed by atoms with Gasteiger partial charge in [0, 0.05) is 35.4 Å². The Bertz CT molecular complexity index is 1330. The number of hydrogen-bond acceptors (Lipinski definition) is 3. The van der Waals surface area contributed by atoms with Gasteiger partial charge in [-0.15, -0.1) is 0 Å². The normalized spacial score (nSPS) is 16.5. The van der Waals surface area contributed by atoms with Gasteiger partial charge < -0.3 is 20.9 Å². The highest BCUT2D eigenvalue weighted by atomic mass is 19.4. The van der Waals surface area contributed by atoms with Crippen LogP contribution in [0.25, 0.3) is 21.8 Å². The number of piperidine rings is 1. The summed E-state index contributed by atoms with van der Waals surface area (Å²) in [4.78, 5) is 28.4. The first-order chi connectivity index (χ1) is 15.6. The summed E-state index contributed by atoms with van der Waals surface area (Å²) in [7, 11) is 0. The van der Waals surface area contributed by atoms with Crippen molar-refractivity contribution in [2.75, 3.05) is 18.0 Å². The molecule has 0 radical (unpaired) electrons. The number of hydrogen-bond donors (Lipinski definition) is 3. The third-order valence-electron chi connectivity index (χ3n) is 5.71. The van der Waals surface area contributed by atoms with E-state index in [1.165, 1.54) is 6.07 Å². The lowest BCUT2D eigenvalue weighted by Crippen LogP contribution is -2.47. The first-order valence-corrected chi connectivity index (χ1v) is 10.2. The van der Waals surface area contributed by atoms with Crippen molar-refractivity contribution >= 4 is 39.3 Å². The van der Waals surface area contributed by atoms with Crippen LogP contribution in [0.5, 0.6) is 0 Å². The van der Waals surface area contributed by atoms with Crippen LogP contribution in [-0.4, -0.2) is 35.9 Å². The molecule has 1 aromatic heterocycles. The van der Waals surface area contributed by atoms with Crippen LogP contribution in [0.4, 0.5) is 23.2 Å². The number of nitrogens with zero attached hydrogens (tertiary/aromatic N) is 1. The first kappa shape index (κ1) is 22.5. The molecule has 1 aliphatic heterocycles. The lowest BCUT2D eigenvalue weighted by molar-refractivity contribution is -0.137. The molecule has 172 valence electrons. The average molecular weight is 460 g/mol. The van der Waals surface area contributed by atoms with Gasteiger partial charge >= 0.3 is 6.18 Å². The number of benzene rings is 2. The van der Waals surface area contributed by atoms with E-state index in [1.54, 1.807) is 11.8 Å². The minimum absolute atomic E-state index is 0.106. The number of amides is 2. The second-order valence-electron chi connectivity index (χ2n) is 7.89. The second-order valence-corrected chi connectivity index (χ2v) is 7.89. The number of nitrogens with two attached hydrogens (primary N) is 1. The average Bonchev–Trinajstić information content (AvgIpc) is 3.11. The molecular formula is C23H20F4N4O2. The molecule has 4 N–H and O–H groups in total. The smallest absolute Gasteiger partial charge is 0.367 e. The Balaban J connectivity index is 1.88. The Labute approximate surface area is 186 Å². The summed E-state index contributed by atoms with van der Waals surface area (Å²) in [6.07, 6.45) is -3.25. The van der Waals surface area contributed by atoms with E-state index < -0.39 is 29.4 Å². The van der Waals surface area contributed by atoms with Gasteiger partial charge in [-0.1, -0.05) is 12.0 Å². The molecule has 1 saturated heterocycles. The number of carbonyl (C=O) groups excluding carboxylic acids is 2. The highest BCUT2D eigenvalue weighted by molar-refractivity contribution is 6.19. The van der Waals surface area contributed by atoms with Gasteiger partial charge in [-0.05, 0) is 43.9 Å². The molecule has 4 rings (SSSR count). The van der Waals surface area contributed by atoms with Gasteiger partial charge in [0.25, 0.3) is 11.8 Å². The van der Waals surface area contributed by atoms with E-state index in [1.807, 2.05) is 0 Å². The predicted molar refractivity (Wildman–Crippen MR) is 116 cm³/mol. The summed E-state index contributed by atoms with van der Waals surface area (Å²) in [6.45, 7) is 2.27. The number of rotatable bonds is 3. The monoisotopic (exact) mass is 460 g/mol. The van der Waals surface area contributed by atoms with E-state index in [9.17, 15) is 22.8 Å². The quantitative estimate of drug-likeness (QED) is 0.411. The van der Waals surface area contributed by atoms with Crippen molar-refractivity contribution in [3.05, 3.63) is 41.2 Å². The summed E-state index contributed by atoms with van der Waals surface area (Å²) >= 11 is 0. The summed E-state index contributed by atoms with van der Waals surface area (Å²) in [5.41, 5.74) is 4.80. The molecule has 0 bridgehead atoms. The van der Waals surface area contributed by atoms with Gasteiger partial charge in [-0.3, -0.25) is 9.59 Å². The highest BCUT2D eigenvalue weighted by Crippen LogP contribution is 2.40. The number of fused-ring (bicyclic) bond motifs is 3. The van der Waals surface area contributed by atoms with E-state index in [2.05, 4.69) is 22.1 Å². The first-order valence-electron chi connectivity index (χ1n) is 10.2. The zero-order valence-corrected chi connectivity index (χ0v) is 17.6. The zero-order chi connectivity index (χ0) is 23.9. The molecule has 33 heavy (non-hydrogen) atoms. The fourth-order valence-electron chi connectivity index (χ4n) is 4.35. The van der Waals surface area contributed by atoms with Crippen molar-refractivity contribution in [2.45, 2.75) is 32.0 Å². The standard InChI is InChI=1S/C23H20F4N4O2/c1-2-4-18(32)29-13-5-3-8-31(11-13)21-16(24)10-15(22(28)33)20-19(21)14-7-6-12(23(25,26)27)9-17(14)30-20/h6-7,9-10,13,30H,3,5,8,11H2,1H3,(H2,28,33)(H,29,32). The lowest BCUT2D eigenvalue weighted by atomic mass is 10.00. The van der Waals surface area contributed by atoms with Crippen molar-refractivity contribution in [3.8, 4) is 11.8 Å². The molecule has 1 atom stereocenters. The Morgan fingerprint density at radius 3 is 2.70 bits per heavy atom. The van der Waals surface area contributed by atoms with Gasteiger partial charge in [0.1, 0.15) is 5.82 Å². The minimum Gasteiger partial charge on any atom is -0.367 e. The van der Waals surface area contributed by atoms with Crippen molar-refractivity contribution in [2.24, 2.45) is 5.73 Å². The van der Waals surface area contributed by atoms with E-state index in [-0.39, 0.29) is 40.3 Å². The number of aromatic amines is 1. The number of alkyl halides is 3. The number of anilines is 1. The minimum atomic E-state index is -4.56. The second kappa shape index (κ2) is 8.31. The molecular weight excluding hydrogens is 440 g/mol. The fraction of sp³-hybridized carbons (Fsp3) is 0.304. The maximum absolute atomic E-state index is 15.4. The summed E-state index contributed by atoms with van der Waals surface area (Å²) < 4.78 is 55.0. The molecule has 3 aromatic rings. The van der Waals surface area contributed by atoms with Gasteiger partial charge in [-0.2, -0.15) is 13.2 Å².